The smallest absolute Gasteiger partial charge is 0.258 e. The summed E-state index contributed by atoms with van der Waals surface area (Å²) in [7, 11) is 0. The topological polar surface area (TPSA) is 59.2 Å². The Kier molecular flexibility index (Phi) is 4.59. The summed E-state index contributed by atoms with van der Waals surface area (Å²) in [6.07, 6.45) is 2.85. The molecule has 4 rings (SSSR count). The third kappa shape index (κ3) is 3.21. The molecule has 0 radical (unpaired) electrons. The van der Waals surface area contributed by atoms with Gasteiger partial charge in [-0.2, -0.15) is 16.3 Å². The van der Waals surface area contributed by atoms with Crippen molar-refractivity contribution in [3.63, 3.8) is 0 Å². The number of likely N-dealkylation sites (tertiary alicyclic amines) is 1. The van der Waals surface area contributed by atoms with E-state index >= 15 is 0 Å². The molecule has 3 aromatic rings. The molecule has 0 N–H and O–H groups in total. The van der Waals surface area contributed by atoms with Gasteiger partial charge in [0.15, 0.2) is 5.82 Å². The van der Waals surface area contributed by atoms with Gasteiger partial charge in [0.05, 0.1) is 11.1 Å². The summed E-state index contributed by atoms with van der Waals surface area (Å²) < 4.78 is 5.38. The second-order valence-corrected chi connectivity index (χ2v) is 7.53. The molecule has 25 heavy (non-hydrogen) atoms. The molecule has 1 atom stereocenters. The van der Waals surface area contributed by atoms with E-state index in [1.165, 1.54) is 0 Å². The summed E-state index contributed by atoms with van der Waals surface area (Å²) in [5.41, 5.74) is 1.71. The van der Waals surface area contributed by atoms with Gasteiger partial charge in [0.1, 0.15) is 0 Å². The molecule has 128 valence electrons. The van der Waals surface area contributed by atoms with Crippen molar-refractivity contribution < 1.29 is 9.32 Å². The van der Waals surface area contributed by atoms with Gasteiger partial charge >= 0.3 is 0 Å². The largest absolute Gasteiger partial charge is 0.338 e. The van der Waals surface area contributed by atoms with Crippen LogP contribution in [0.1, 0.15) is 28.5 Å². The molecular weight excluding hydrogens is 354 g/mol. The number of amides is 1. The molecule has 1 fully saturated rings. The lowest BCUT2D eigenvalue weighted by Crippen LogP contribution is -2.29. The van der Waals surface area contributed by atoms with Gasteiger partial charge in [-0.05, 0) is 36.3 Å². The summed E-state index contributed by atoms with van der Waals surface area (Å²) in [5, 5.41) is 8.10. The van der Waals surface area contributed by atoms with Crippen molar-refractivity contribution in [3.8, 4) is 11.5 Å². The van der Waals surface area contributed by atoms with Crippen LogP contribution in [0.15, 0.2) is 50.5 Å². The first kappa shape index (κ1) is 16.4. The zero-order valence-electron chi connectivity index (χ0n) is 13.7. The zero-order chi connectivity index (χ0) is 17.2. The van der Waals surface area contributed by atoms with E-state index in [0.717, 1.165) is 22.4 Å². The Hall–Kier alpha value is -2.12. The molecule has 0 saturated carbocycles. The third-order valence-corrected chi connectivity index (χ3v) is 5.87. The van der Waals surface area contributed by atoms with Crippen LogP contribution in [0.25, 0.3) is 11.5 Å². The van der Waals surface area contributed by atoms with Crippen LogP contribution in [-0.4, -0.2) is 40.3 Å². The minimum Gasteiger partial charge on any atom is -0.338 e. The summed E-state index contributed by atoms with van der Waals surface area (Å²) >= 11 is 3.19. The van der Waals surface area contributed by atoms with Gasteiger partial charge in [-0.1, -0.05) is 17.3 Å². The van der Waals surface area contributed by atoms with Crippen molar-refractivity contribution >= 4 is 29.0 Å². The SMILES string of the molecule is CSc1ccccc1C(=O)N1CCC(c2noc(-c3ccsc3)n2)C1. The van der Waals surface area contributed by atoms with Crippen molar-refractivity contribution in [1.29, 1.82) is 0 Å². The number of carbonyl (C=O) groups is 1. The predicted molar refractivity (Wildman–Crippen MR) is 99.1 cm³/mol. The molecule has 0 spiro atoms. The molecule has 1 amide bonds. The average molecular weight is 371 g/mol. The lowest BCUT2D eigenvalue weighted by atomic mass is 10.1. The number of hydrogen-bond donors (Lipinski definition) is 0. The quantitative estimate of drug-likeness (QED) is 0.645. The molecule has 1 aliphatic rings. The minimum absolute atomic E-state index is 0.0778. The highest BCUT2D eigenvalue weighted by Crippen LogP contribution is 2.30. The first-order valence-corrected chi connectivity index (χ1v) is 10.2. The minimum atomic E-state index is 0.0778. The van der Waals surface area contributed by atoms with Gasteiger partial charge in [-0.15, -0.1) is 11.8 Å². The number of carbonyl (C=O) groups excluding carboxylic acids is 1. The highest BCUT2D eigenvalue weighted by molar-refractivity contribution is 7.98. The summed E-state index contributed by atoms with van der Waals surface area (Å²) in [6.45, 7) is 1.35. The van der Waals surface area contributed by atoms with Gasteiger partial charge in [-0.25, -0.2) is 0 Å². The average Bonchev–Trinajstić information content (AvgIpc) is 3.41. The maximum atomic E-state index is 12.8. The molecule has 1 saturated heterocycles. The Morgan fingerprint density at radius 3 is 3.04 bits per heavy atom. The van der Waals surface area contributed by atoms with E-state index in [1.54, 1.807) is 23.1 Å². The van der Waals surface area contributed by atoms with E-state index < -0.39 is 0 Å². The van der Waals surface area contributed by atoms with Crippen LogP contribution < -0.4 is 0 Å². The van der Waals surface area contributed by atoms with Crippen molar-refractivity contribution in [2.75, 3.05) is 19.3 Å². The fraction of sp³-hybridized carbons (Fsp3) is 0.278. The highest BCUT2D eigenvalue weighted by atomic mass is 32.2. The number of aromatic nitrogens is 2. The van der Waals surface area contributed by atoms with Crippen LogP contribution >= 0.6 is 23.1 Å². The van der Waals surface area contributed by atoms with Crippen LogP contribution in [0.4, 0.5) is 0 Å². The molecule has 3 heterocycles. The molecule has 1 aromatic carbocycles. The lowest BCUT2D eigenvalue weighted by molar-refractivity contribution is 0.0787. The first-order valence-electron chi connectivity index (χ1n) is 8.04. The van der Waals surface area contributed by atoms with Crippen molar-refractivity contribution in [2.45, 2.75) is 17.2 Å². The molecule has 0 bridgehead atoms. The Labute approximate surface area is 154 Å². The number of benzene rings is 1. The Morgan fingerprint density at radius 1 is 1.36 bits per heavy atom. The molecule has 0 aliphatic carbocycles. The number of thioether (sulfide) groups is 1. The van der Waals surface area contributed by atoms with E-state index in [-0.39, 0.29) is 11.8 Å². The lowest BCUT2D eigenvalue weighted by Gasteiger charge is -2.17. The summed E-state index contributed by atoms with van der Waals surface area (Å²) in [5.74, 6) is 1.44. The third-order valence-electron chi connectivity index (χ3n) is 4.39. The van der Waals surface area contributed by atoms with E-state index in [9.17, 15) is 4.79 Å². The van der Waals surface area contributed by atoms with Gasteiger partial charge in [-0.3, -0.25) is 4.79 Å². The van der Waals surface area contributed by atoms with Crippen LogP contribution in [-0.2, 0) is 0 Å². The molecular formula is C18H17N3O2S2. The summed E-state index contributed by atoms with van der Waals surface area (Å²) in [4.78, 5) is 20.3. The Bertz CT molecular complexity index is 876. The van der Waals surface area contributed by atoms with Crippen LogP contribution in [0, 0.1) is 0 Å². The number of rotatable bonds is 4. The first-order chi connectivity index (χ1) is 12.3. The zero-order valence-corrected chi connectivity index (χ0v) is 15.3. The van der Waals surface area contributed by atoms with Crippen LogP contribution in [0.5, 0.6) is 0 Å². The number of nitrogens with zero attached hydrogens (tertiary/aromatic N) is 3. The normalized spacial score (nSPS) is 17.2. The molecule has 2 aromatic heterocycles. The standard InChI is InChI=1S/C18H17N3O2S2/c1-24-15-5-3-2-4-14(15)18(22)21-8-6-12(10-21)16-19-17(23-20-16)13-7-9-25-11-13/h2-5,7,9,11-12H,6,8,10H2,1H3. The maximum Gasteiger partial charge on any atom is 0.258 e. The van der Waals surface area contributed by atoms with Gasteiger partial charge in [0.25, 0.3) is 11.8 Å². The van der Waals surface area contributed by atoms with Gasteiger partial charge < -0.3 is 9.42 Å². The van der Waals surface area contributed by atoms with E-state index in [1.807, 2.05) is 52.2 Å². The summed E-state index contributed by atoms with van der Waals surface area (Å²) in [6, 6.07) is 9.71. The molecule has 5 nitrogen and oxygen atoms in total. The van der Waals surface area contributed by atoms with Gasteiger partial charge in [0, 0.05) is 29.3 Å². The van der Waals surface area contributed by atoms with Crippen molar-refractivity contribution in [2.24, 2.45) is 0 Å². The Balaban J connectivity index is 1.49. The van der Waals surface area contributed by atoms with Crippen molar-refractivity contribution in [3.05, 3.63) is 52.5 Å². The van der Waals surface area contributed by atoms with E-state index in [4.69, 9.17) is 4.52 Å². The highest BCUT2D eigenvalue weighted by Gasteiger charge is 2.31. The van der Waals surface area contributed by atoms with E-state index in [2.05, 4.69) is 10.1 Å². The number of hydrogen-bond acceptors (Lipinski definition) is 6. The monoisotopic (exact) mass is 371 g/mol. The van der Waals surface area contributed by atoms with Gasteiger partial charge in [0.2, 0.25) is 0 Å². The van der Waals surface area contributed by atoms with Crippen molar-refractivity contribution in [1.82, 2.24) is 15.0 Å². The molecule has 1 aliphatic heterocycles. The van der Waals surface area contributed by atoms with E-state index in [0.29, 0.717) is 24.8 Å². The second-order valence-electron chi connectivity index (χ2n) is 5.91. The molecule has 7 heteroatoms. The predicted octanol–water partition coefficient (Wildman–Crippen LogP) is 4.15. The fourth-order valence-corrected chi connectivity index (χ4v) is 4.27. The van der Waals surface area contributed by atoms with Crippen LogP contribution in [0.2, 0.25) is 0 Å². The maximum absolute atomic E-state index is 12.8. The number of thiophene rings is 1. The second kappa shape index (κ2) is 7.01. The fourth-order valence-electron chi connectivity index (χ4n) is 3.05. The molecule has 1 unspecified atom stereocenters. The van der Waals surface area contributed by atoms with Crippen LogP contribution in [0.3, 0.4) is 0 Å². The Morgan fingerprint density at radius 2 is 2.24 bits per heavy atom.